The van der Waals surface area contributed by atoms with Gasteiger partial charge in [-0.25, -0.2) is 19.3 Å². The number of rotatable bonds is 6. The molecule has 5 rings (SSSR count). The number of aliphatic hydroxyl groups excluding tert-OH is 1. The molecule has 0 amide bonds. The minimum Gasteiger partial charge on any atom is -0.390 e. The molecule has 0 bridgehead atoms. The fourth-order valence-electron chi connectivity index (χ4n) is 5.38. The van der Waals surface area contributed by atoms with Crippen LogP contribution in [0.2, 0.25) is 0 Å². The first kappa shape index (κ1) is 25.6. The van der Waals surface area contributed by atoms with Gasteiger partial charge in [0.15, 0.2) is 17.5 Å². The zero-order valence-corrected chi connectivity index (χ0v) is 21.8. The quantitative estimate of drug-likeness (QED) is 0.525. The van der Waals surface area contributed by atoms with Gasteiger partial charge in [0.1, 0.15) is 10.7 Å². The Bertz CT molecular complexity index is 1100. The molecule has 3 aliphatic heterocycles. The van der Waals surface area contributed by atoms with Crippen molar-refractivity contribution in [2.45, 2.75) is 67.9 Å². The lowest BCUT2D eigenvalue weighted by Gasteiger charge is -2.45. The van der Waals surface area contributed by atoms with Gasteiger partial charge in [-0.1, -0.05) is 11.8 Å². The highest BCUT2D eigenvalue weighted by Crippen LogP contribution is 2.42. The maximum Gasteiger partial charge on any atom is 0.179 e. The van der Waals surface area contributed by atoms with Crippen molar-refractivity contribution in [1.29, 1.82) is 0 Å². The summed E-state index contributed by atoms with van der Waals surface area (Å²) in [5, 5.41) is 20.7. The summed E-state index contributed by atoms with van der Waals surface area (Å²) in [4.78, 5) is 17.8. The van der Waals surface area contributed by atoms with Crippen molar-refractivity contribution in [3.05, 3.63) is 30.0 Å². The molecule has 0 saturated carbocycles. The van der Waals surface area contributed by atoms with E-state index < -0.39 is 11.4 Å². The second-order valence-corrected chi connectivity index (χ2v) is 11.9. The summed E-state index contributed by atoms with van der Waals surface area (Å²) in [6.07, 6.45) is 5.08. The highest BCUT2D eigenvalue weighted by molar-refractivity contribution is 7.99. The first-order chi connectivity index (χ1) is 17.1. The van der Waals surface area contributed by atoms with Crippen LogP contribution in [-0.4, -0.2) is 75.7 Å². The van der Waals surface area contributed by atoms with Gasteiger partial charge in [0.2, 0.25) is 0 Å². The Labute approximate surface area is 215 Å². The van der Waals surface area contributed by atoms with E-state index in [4.69, 9.17) is 10.5 Å². The molecule has 5 heterocycles. The van der Waals surface area contributed by atoms with Crippen LogP contribution in [0.25, 0.3) is 0 Å². The lowest BCUT2D eigenvalue weighted by molar-refractivity contribution is 0.00416. The van der Waals surface area contributed by atoms with E-state index in [1.54, 1.807) is 32.3 Å². The normalized spacial score (nSPS) is 24.4. The number of ether oxygens (including phenoxy) is 1. The van der Waals surface area contributed by atoms with Gasteiger partial charge in [0, 0.05) is 49.8 Å². The number of anilines is 2. The summed E-state index contributed by atoms with van der Waals surface area (Å²) in [6.45, 7) is 8.64. The van der Waals surface area contributed by atoms with Crippen molar-refractivity contribution in [3.8, 4) is 0 Å². The highest BCUT2D eigenvalue weighted by atomic mass is 32.2. The van der Waals surface area contributed by atoms with E-state index in [0.29, 0.717) is 41.1 Å². The molecule has 3 aliphatic rings. The van der Waals surface area contributed by atoms with Gasteiger partial charge >= 0.3 is 0 Å². The van der Waals surface area contributed by atoms with E-state index >= 15 is 4.39 Å². The van der Waals surface area contributed by atoms with Crippen molar-refractivity contribution < 1.29 is 19.3 Å². The lowest BCUT2D eigenvalue weighted by atomic mass is 9.73. The molecule has 2 aromatic heterocycles. The van der Waals surface area contributed by atoms with Crippen LogP contribution < -0.4 is 15.5 Å². The summed E-state index contributed by atoms with van der Waals surface area (Å²) in [6, 6.07) is 1.64. The van der Waals surface area contributed by atoms with Gasteiger partial charge in [0.05, 0.1) is 36.0 Å². The summed E-state index contributed by atoms with van der Waals surface area (Å²) < 4.78 is 21.1. The third kappa shape index (κ3) is 4.67. The first-order valence-corrected chi connectivity index (χ1v) is 13.3. The Balaban J connectivity index is 1.28. The highest BCUT2D eigenvalue weighted by Gasteiger charge is 2.47. The predicted octanol–water partition coefficient (Wildman–Crippen LogP) is 2.19. The fourth-order valence-corrected chi connectivity index (χ4v) is 6.18. The minimum atomic E-state index is -0.804. The number of hydrogen-bond donors (Lipinski definition) is 3. The molecule has 2 aromatic rings. The largest absolute Gasteiger partial charge is 0.390 e. The molecule has 0 aromatic carbocycles. The second-order valence-electron chi connectivity index (χ2n) is 10.8. The molecule has 11 heteroatoms. The Kier molecular flexibility index (Phi) is 6.88. The molecule has 36 heavy (non-hydrogen) atoms. The Hall–Kier alpha value is -2.05. The molecule has 3 fully saturated rings. The van der Waals surface area contributed by atoms with Crippen LogP contribution >= 0.6 is 11.8 Å². The van der Waals surface area contributed by atoms with Gasteiger partial charge in [-0.2, -0.15) is 0 Å². The number of hydrogen-bond acceptors (Lipinski definition) is 10. The molecule has 2 atom stereocenters. The standard InChI is InChI=1S/C25H35FN6O3S/c1-15-21(27)25(14-35-15)5-8-31(9-6-25)22-17(13-33)30-19(10-29-22)36-18-4-7-28-23(20(18)26)32-11-16(12-32)24(2,3)34/h4,7,10,15-16,21,33-34H,5-6,8-9,11-14,27H2,1-3H3/t15-,21+/m0/s1. The SMILES string of the molecule is C[C@@H]1OCC2(CCN(c3ncc(Sc4ccnc(N5CC(C(C)(C)O)C5)c4F)nc3CO)CC2)[C@@H]1N. The van der Waals surface area contributed by atoms with Crippen LogP contribution in [0.4, 0.5) is 16.0 Å². The van der Waals surface area contributed by atoms with Crippen molar-refractivity contribution in [2.75, 3.05) is 42.6 Å². The molecule has 0 radical (unpaired) electrons. The number of aliphatic hydroxyl groups is 2. The van der Waals surface area contributed by atoms with Gasteiger partial charge in [-0.15, -0.1) is 0 Å². The minimum absolute atomic E-state index is 0.00148. The number of piperidine rings is 1. The van der Waals surface area contributed by atoms with E-state index in [2.05, 4.69) is 19.9 Å². The number of nitrogens with zero attached hydrogens (tertiary/aromatic N) is 5. The van der Waals surface area contributed by atoms with E-state index in [9.17, 15) is 10.2 Å². The van der Waals surface area contributed by atoms with Gasteiger partial charge < -0.3 is 30.5 Å². The molecule has 4 N–H and O–H groups in total. The molecular weight excluding hydrogens is 483 g/mol. The summed E-state index contributed by atoms with van der Waals surface area (Å²) in [7, 11) is 0. The average molecular weight is 519 g/mol. The second kappa shape index (κ2) is 9.68. The van der Waals surface area contributed by atoms with Crippen molar-refractivity contribution in [2.24, 2.45) is 17.1 Å². The third-order valence-corrected chi connectivity index (χ3v) is 9.03. The van der Waals surface area contributed by atoms with Crippen LogP contribution in [0.15, 0.2) is 28.4 Å². The topological polar surface area (TPSA) is 121 Å². The summed E-state index contributed by atoms with van der Waals surface area (Å²) in [5.74, 6) is 0.592. The maximum atomic E-state index is 15.3. The number of aromatic nitrogens is 3. The fraction of sp³-hybridized carbons (Fsp3) is 0.640. The predicted molar refractivity (Wildman–Crippen MR) is 136 cm³/mol. The summed E-state index contributed by atoms with van der Waals surface area (Å²) in [5.41, 5.74) is 6.11. The molecule has 196 valence electrons. The molecule has 9 nitrogen and oxygen atoms in total. The average Bonchev–Trinajstić information content (AvgIpc) is 3.08. The number of pyridine rings is 1. The van der Waals surface area contributed by atoms with Crippen molar-refractivity contribution in [3.63, 3.8) is 0 Å². The third-order valence-electron chi connectivity index (χ3n) is 8.09. The van der Waals surface area contributed by atoms with Crippen LogP contribution in [0.3, 0.4) is 0 Å². The monoisotopic (exact) mass is 518 g/mol. The number of halogens is 1. The molecule has 3 saturated heterocycles. The van der Waals surface area contributed by atoms with Gasteiger partial charge in [-0.05, 0) is 39.7 Å². The van der Waals surface area contributed by atoms with Crippen molar-refractivity contribution >= 4 is 23.4 Å². The van der Waals surface area contributed by atoms with Crippen LogP contribution in [0, 0.1) is 17.2 Å². The Morgan fingerprint density at radius 2 is 1.94 bits per heavy atom. The van der Waals surface area contributed by atoms with E-state index in [1.165, 1.54) is 0 Å². The first-order valence-electron chi connectivity index (χ1n) is 12.5. The van der Waals surface area contributed by atoms with Crippen LogP contribution in [0.5, 0.6) is 0 Å². The van der Waals surface area contributed by atoms with Gasteiger partial charge in [0.25, 0.3) is 0 Å². The number of nitrogens with two attached hydrogens (primary N) is 1. The van der Waals surface area contributed by atoms with E-state index in [-0.39, 0.29) is 35.9 Å². The Morgan fingerprint density at radius 3 is 2.56 bits per heavy atom. The maximum absolute atomic E-state index is 15.3. The zero-order chi connectivity index (χ0) is 25.7. The van der Waals surface area contributed by atoms with E-state index in [0.717, 1.165) is 37.7 Å². The van der Waals surface area contributed by atoms with Crippen LogP contribution in [0.1, 0.15) is 39.3 Å². The van der Waals surface area contributed by atoms with Crippen LogP contribution in [-0.2, 0) is 11.3 Å². The van der Waals surface area contributed by atoms with Gasteiger partial charge in [-0.3, -0.25) is 0 Å². The molecule has 0 aliphatic carbocycles. The van der Waals surface area contributed by atoms with E-state index in [1.807, 2.05) is 11.8 Å². The zero-order valence-electron chi connectivity index (χ0n) is 21.0. The lowest BCUT2D eigenvalue weighted by Crippen LogP contribution is -2.56. The molecule has 1 spiro atoms. The Morgan fingerprint density at radius 1 is 1.22 bits per heavy atom. The molecular formula is C25H35FN6O3S. The van der Waals surface area contributed by atoms with Crippen molar-refractivity contribution in [1.82, 2.24) is 15.0 Å². The smallest absolute Gasteiger partial charge is 0.179 e. The summed E-state index contributed by atoms with van der Waals surface area (Å²) >= 11 is 1.16. The molecule has 0 unspecified atom stereocenters.